The molecule has 2 aliphatic carbocycles. The number of carbonyl (C=O) groups is 1. The van der Waals surface area contributed by atoms with Crippen molar-refractivity contribution in [3.05, 3.63) is 70.8 Å². The minimum atomic E-state index is -4.36. The van der Waals surface area contributed by atoms with Gasteiger partial charge in [-0.25, -0.2) is 4.79 Å². The van der Waals surface area contributed by atoms with E-state index in [0.29, 0.717) is 6.54 Å². The molecule has 1 saturated heterocycles. The zero-order valence-corrected chi connectivity index (χ0v) is 18.8. The molecular weight excluding hydrogens is 445 g/mol. The predicted octanol–water partition coefficient (Wildman–Crippen LogP) is 4.75. The maximum absolute atomic E-state index is 12.9. The number of nitrogens with one attached hydrogen (secondary N) is 1. The monoisotopic (exact) mass is 474 g/mol. The first kappa shape index (κ1) is 23.3. The van der Waals surface area contributed by atoms with Crippen molar-refractivity contribution in [3.8, 4) is 0 Å². The molecule has 3 aliphatic rings. The summed E-state index contributed by atoms with van der Waals surface area (Å²) >= 11 is 0. The van der Waals surface area contributed by atoms with Gasteiger partial charge in [0.15, 0.2) is 0 Å². The quantitative estimate of drug-likeness (QED) is 0.506. The van der Waals surface area contributed by atoms with Crippen LogP contribution in [0.2, 0.25) is 0 Å². The number of piperidine rings is 1. The van der Waals surface area contributed by atoms with Crippen LogP contribution in [0.3, 0.4) is 0 Å². The third kappa shape index (κ3) is 4.72. The third-order valence-corrected chi connectivity index (χ3v) is 7.89. The van der Waals surface area contributed by atoms with Crippen LogP contribution >= 0.6 is 0 Å². The average molecular weight is 475 g/mol. The van der Waals surface area contributed by atoms with Crippen LogP contribution in [0, 0.1) is 5.41 Å². The number of benzene rings is 2. The van der Waals surface area contributed by atoms with Crippen LogP contribution in [0.1, 0.15) is 65.6 Å². The van der Waals surface area contributed by atoms with E-state index < -0.39 is 23.9 Å². The summed E-state index contributed by atoms with van der Waals surface area (Å²) in [5.41, 5.74) is 1.24. The molecule has 2 atom stereocenters. The smallest absolute Gasteiger partial charge is 0.416 e. The topological polar surface area (TPSA) is 72.8 Å². The van der Waals surface area contributed by atoms with E-state index in [1.807, 2.05) is 0 Å². The Hall–Kier alpha value is -2.42. The molecule has 1 spiro atoms. The first-order valence-electron chi connectivity index (χ1n) is 11.8. The van der Waals surface area contributed by atoms with Gasteiger partial charge < -0.3 is 10.2 Å². The molecule has 1 aliphatic heterocycles. The van der Waals surface area contributed by atoms with Crippen molar-refractivity contribution in [1.82, 2.24) is 10.2 Å². The van der Waals surface area contributed by atoms with Gasteiger partial charge in [-0.15, -0.1) is 0 Å². The number of halogens is 3. The maximum atomic E-state index is 12.9. The van der Waals surface area contributed by atoms with Gasteiger partial charge in [0.25, 0.3) is 0 Å². The van der Waals surface area contributed by atoms with Gasteiger partial charge in [0.1, 0.15) is 6.23 Å². The number of hydrogen-bond donors (Lipinski definition) is 3. The molecule has 3 fully saturated rings. The van der Waals surface area contributed by atoms with Gasteiger partial charge in [-0.05, 0) is 85.9 Å². The molecule has 2 aromatic rings. The summed E-state index contributed by atoms with van der Waals surface area (Å²) in [4.78, 5) is 13.4. The van der Waals surface area contributed by atoms with E-state index in [1.165, 1.54) is 12.1 Å². The van der Waals surface area contributed by atoms with Gasteiger partial charge in [-0.3, -0.25) is 10.2 Å². The molecule has 0 amide bonds. The van der Waals surface area contributed by atoms with Gasteiger partial charge in [0.2, 0.25) is 0 Å². The normalized spacial score (nSPS) is 24.1. The van der Waals surface area contributed by atoms with E-state index in [9.17, 15) is 23.1 Å². The van der Waals surface area contributed by atoms with Crippen molar-refractivity contribution >= 4 is 5.97 Å². The van der Waals surface area contributed by atoms with Crippen LogP contribution in [0.4, 0.5) is 13.2 Å². The van der Waals surface area contributed by atoms with Gasteiger partial charge in [-0.2, -0.15) is 13.2 Å². The zero-order valence-electron chi connectivity index (χ0n) is 18.8. The summed E-state index contributed by atoms with van der Waals surface area (Å²) in [7, 11) is 0. The number of nitrogens with zero attached hydrogens (tertiary/aromatic N) is 1. The largest absolute Gasteiger partial charge is 0.478 e. The number of rotatable bonds is 7. The molecule has 0 aromatic heterocycles. The molecule has 3 N–H and O–H groups in total. The Kier molecular flexibility index (Phi) is 5.73. The lowest BCUT2D eigenvalue weighted by Crippen LogP contribution is -2.56. The molecule has 5 nitrogen and oxygen atoms in total. The van der Waals surface area contributed by atoms with Gasteiger partial charge in [-0.1, -0.05) is 24.3 Å². The van der Waals surface area contributed by atoms with Crippen molar-refractivity contribution in [3.63, 3.8) is 0 Å². The number of aliphatic hydroxyl groups excluding tert-OH is 1. The van der Waals surface area contributed by atoms with Crippen molar-refractivity contribution in [2.45, 2.75) is 69.1 Å². The number of likely N-dealkylation sites (tertiary alicyclic amines) is 1. The highest BCUT2D eigenvalue weighted by Gasteiger charge is 2.52. The minimum Gasteiger partial charge on any atom is -0.478 e. The summed E-state index contributed by atoms with van der Waals surface area (Å²) in [6.07, 6.45) is 0.771. The van der Waals surface area contributed by atoms with Crippen molar-refractivity contribution < 1.29 is 28.2 Å². The Labute approximate surface area is 196 Å². The predicted molar refractivity (Wildman–Crippen MR) is 120 cm³/mol. The molecule has 2 saturated carbocycles. The van der Waals surface area contributed by atoms with Gasteiger partial charge in [0, 0.05) is 18.1 Å². The number of carboxylic acids is 1. The van der Waals surface area contributed by atoms with E-state index in [2.05, 4.69) is 10.2 Å². The molecule has 0 radical (unpaired) electrons. The lowest BCUT2D eigenvalue weighted by atomic mass is 9.86. The number of aliphatic hydroxyl groups is 1. The molecule has 5 rings (SSSR count). The van der Waals surface area contributed by atoms with E-state index in [-0.39, 0.29) is 22.6 Å². The SMILES string of the molecule is O=C(O)c1ccc(C2(NC(O)[C@H]3CC4(CCN3Cc3ccc(C(F)(F)F)cc3)CC4)CC2)cc1. The first-order chi connectivity index (χ1) is 16.1. The highest BCUT2D eigenvalue weighted by molar-refractivity contribution is 5.87. The number of hydrogen-bond acceptors (Lipinski definition) is 4. The fourth-order valence-corrected chi connectivity index (χ4v) is 5.35. The summed E-state index contributed by atoms with van der Waals surface area (Å²) in [6, 6.07) is 11.9. The van der Waals surface area contributed by atoms with Gasteiger partial charge >= 0.3 is 12.1 Å². The Morgan fingerprint density at radius 1 is 1.03 bits per heavy atom. The second kappa shape index (κ2) is 8.36. The Bertz CT molecular complexity index is 1040. The second-order valence-electron chi connectivity index (χ2n) is 10.2. The lowest BCUT2D eigenvalue weighted by molar-refractivity contribution is -0.137. The molecule has 0 bridgehead atoms. The van der Waals surface area contributed by atoms with Crippen LogP contribution in [-0.4, -0.2) is 39.9 Å². The summed E-state index contributed by atoms with van der Waals surface area (Å²) in [6.45, 7) is 1.28. The van der Waals surface area contributed by atoms with E-state index >= 15 is 0 Å². The molecule has 8 heteroatoms. The molecule has 1 heterocycles. The van der Waals surface area contributed by atoms with Crippen LogP contribution in [-0.2, 0) is 18.3 Å². The van der Waals surface area contributed by atoms with E-state index in [1.54, 1.807) is 24.3 Å². The first-order valence-corrected chi connectivity index (χ1v) is 11.8. The highest BCUT2D eigenvalue weighted by atomic mass is 19.4. The minimum absolute atomic E-state index is 0.144. The summed E-state index contributed by atoms with van der Waals surface area (Å²) in [5, 5.41) is 23.9. The molecular formula is C26H29F3N2O3. The Morgan fingerprint density at radius 2 is 1.68 bits per heavy atom. The van der Waals surface area contributed by atoms with E-state index in [0.717, 1.165) is 68.3 Å². The fourth-order valence-electron chi connectivity index (χ4n) is 5.35. The zero-order chi connectivity index (χ0) is 24.1. The molecule has 182 valence electrons. The average Bonchev–Trinajstić information content (AvgIpc) is 3.73. The van der Waals surface area contributed by atoms with Crippen molar-refractivity contribution in [2.24, 2.45) is 5.41 Å². The fraction of sp³-hybridized carbons (Fsp3) is 0.500. The second-order valence-corrected chi connectivity index (χ2v) is 10.2. The van der Waals surface area contributed by atoms with Crippen LogP contribution in [0.15, 0.2) is 48.5 Å². The molecule has 1 unspecified atom stereocenters. The maximum Gasteiger partial charge on any atom is 0.416 e. The Balaban J connectivity index is 1.30. The van der Waals surface area contributed by atoms with Crippen LogP contribution < -0.4 is 5.32 Å². The molecule has 2 aromatic carbocycles. The lowest BCUT2D eigenvalue weighted by Gasteiger charge is -2.43. The molecule has 34 heavy (non-hydrogen) atoms. The van der Waals surface area contributed by atoms with Gasteiger partial charge in [0.05, 0.1) is 11.1 Å². The van der Waals surface area contributed by atoms with Crippen LogP contribution in [0.25, 0.3) is 0 Å². The number of alkyl halides is 3. The van der Waals surface area contributed by atoms with Crippen molar-refractivity contribution in [2.75, 3.05) is 6.54 Å². The standard InChI is InChI=1S/C26H29F3N2O3/c27-26(28,29)20-5-1-17(2-6-20)16-31-14-13-24(9-10-24)15-21(31)22(32)30-25(11-12-25)19-7-3-18(4-8-19)23(33)34/h1-8,21-22,30,32H,9-16H2,(H,33,34)/t21-,22?/m1/s1. The number of aromatic carboxylic acids is 1. The summed E-state index contributed by atoms with van der Waals surface area (Å²) in [5.74, 6) is -0.972. The van der Waals surface area contributed by atoms with Crippen molar-refractivity contribution in [1.29, 1.82) is 0 Å². The van der Waals surface area contributed by atoms with Crippen LogP contribution in [0.5, 0.6) is 0 Å². The Morgan fingerprint density at radius 3 is 2.21 bits per heavy atom. The number of carboxylic acid groups (broad SMARTS) is 1. The van der Waals surface area contributed by atoms with E-state index in [4.69, 9.17) is 5.11 Å². The summed E-state index contributed by atoms with van der Waals surface area (Å²) < 4.78 is 38.8. The highest BCUT2D eigenvalue weighted by Crippen LogP contribution is 2.56. The third-order valence-electron chi connectivity index (χ3n) is 7.89.